The minimum absolute atomic E-state index is 0.329. The highest BCUT2D eigenvalue weighted by Gasteiger charge is 2.30. The molecule has 0 unspecified atom stereocenters. The lowest BCUT2D eigenvalue weighted by molar-refractivity contribution is -0.137. The van der Waals surface area contributed by atoms with Crippen LogP contribution >= 0.6 is 22.6 Å². The van der Waals surface area contributed by atoms with Gasteiger partial charge in [0.05, 0.1) is 29.6 Å². The van der Waals surface area contributed by atoms with Gasteiger partial charge in [-0.1, -0.05) is 0 Å². The monoisotopic (exact) mass is 434 g/mol. The van der Waals surface area contributed by atoms with E-state index in [1.165, 1.54) is 25.3 Å². The van der Waals surface area contributed by atoms with E-state index in [1.807, 2.05) is 0 Å². The normalized spacial score (nSPS) is 11.7. The van der Waals surface area contributed by atoms with Crippen LogP contribution in [-0.4, -0.2) is 13.1 Å². The molecule has 0 spiro atoms. The first-order valence-electron chi connectivity index (χ1n) is 6.28. The van der Waals surface area contributed by atoms with Gasteiger partial charge in [0, 0.05) is 3.57 Å². The second-order valence-electron chi connectivity index (χ2n) is 4.40. The lowest BCUT2D eigenvalue weighted by Gasteiger charge is -2.07. The molecular formula is C15H10F3IN2O2. The zero-order valence-electron chi connectivity index (χ0n) is 11.8. The Morgan fingerprint density at radius 2 is 1.74 bits per heavy atom. The van der Waals surface area contributed by atoms with Gasteiger partial charge in [0.1, 0.15) is 0 Å². The number of ether oxygens (including phenoxy) is 1. The molecule has 0 aliphatic carbocycles. The quantitative estimate of drug-likeness (QED) is 0.364. The van der Waals surface area contributed by atoms with Crippen molar-refractivity contribution in [2.24, 2.45) is 10.2 Å². The number of methoxy groups -OCH3 is 1. The zero-order chi connectivity index (χ0) is 17.0. The maximum Gasteiger partial charge on any atom is 0.416 e. The van der Waals surface area contributed by atoms with Gasteiger partial charge in [0.25, 0.3) is 0 Å². The Morgan fingerprint density at radius 3 is 2.26 bits per heavy atom. The average molecular weight is 434 g/mol. The van der Waals surface area contributed by atoms with E-state index in [0.717, 1.165) is 12.1 Å². The van der Waals surface area contributed by atoms with E-state index < -0.39 is 17.7 Å². The van der Waals surface area contributed by atoms with Crippen molar-refractivity contribution in [2.75, 3.05) is 7.11 Å². The fraction of sp³-hybridized carbons (Fsp3) is 0.133. The van der Waals surface area contributed by atoms with Crippen LogP contribution in [0.15, 0.2) is 52.7 Å². The molecule has 23 heavy (non-hydrogen) atoms. The second kappa shape index (κ2) is 7.07. The van der Waals surface area contributed by atoms with Crippen LogP contribution in [0.2, 0.25) is 0 Å². The van der Waals surface area contributed by atoms with E-state index in [4.69, 9.17) is 0 Å². The number of esters is 1. The van der Waals surface area contributed by atoms with Crippen LogP contribution in [0.1, 0.15) is 15.9 Å². The number of rotatable bonds is 3. The molecule has 4 nitrogen and oxygen atoms in total. The van der Waals surface area contributed by atoms with Crippen LogP contribution in [0.3, 0.4) is 0 Å². The Bertz CT molecular complexity index is 743. The van der Waals surface area contributed by atoms with E-state index >= 15 is 0 Å². The van der Waals surface area contributed by atoms with Crippen molar-refractivity contribution < 1.29 is 22.7 Å². The predicted molar refractivity (Wildman–Crippen MR) is 86.1 cm³/mol. The number of halogens is 4. The maximum atomic E-state index is 12.6. The van der Waals surface area contributed by atoms with Gasteiger partial charge in [-0.05, 0) is 65.1 Å². The third kappa shape index (κ3) is 4.50. The Morgan fingerprint density at radius 1 is 1.09 bits per heavy atom. The molecule has 0 heterocycles. The van der Waals surface area contributed by atoms with Gasteiger partial charge < -0.3 is 4.74 Å². The summed E-state index contributed by atoms with van der Waals surface area (Å²) in [6, 6.07) is 9.40. The first kappa shape index (κ1) is 17.4. The van der Waals surface area contributed by atoms with Gasteiger partial charge in [-0.25, -0.2) is 4.79 Å². The number of hydrogen-bond donors (Lipinski definition) is 0. The minimum atomic E-state index is -4.39. The van der Waals surface area contributed by atoms with Crippen molar-refractivity contribution in [1.82, 2.24) is 0 Å². The predicted octanol–water partition coefficient (Wildman–Crippen LogP) is 5.51. The molecule has 0 fully saturated rings. The minimum Gasteiger partial charge on any atom is -0.465 e. The molecule has 0 radical (unpaired) electrons. The molecule has 0 aliphatic rings. The molecule has 0 aliphatic heterocycles. The number of hydrogen-bond acceptors (Lipinski definition) is 4. The lowest BCUT2D eigenvalue weighted by Crippen LogP contribution is -2.04. The van der Waals surface area contributed by atoms with Gasteiger partial charge in [-0.15, -0.1) is 5.11 Å². The van der Waals surface area contributed by atoms with Crippen molar-refractivity contribution >= 4 is 39.9 Å². The topological polar surface area (TPSA) is 51.0 Å². The van der Waals surface area contributed by atoms with E-state index in [0.29, 0.717) is 20.5 Å². The summed E-state index contributed by atoms with van der Waals surface area (Å²) < 4.78 is 42.7. The summed E-state index contributed by atoms with van der Waals surface area (Å²) in [7, 11) is 1.28. The molecule has 2 aromatic rings. The van der Waals surface area contributed by atoms with Crippen molar-refractivity contribution in [3.63, 3.8) is 0 Å². The third-order valence-corrected chi connectivity index (χ3v) is 3.70. The van der Waals surface area contributed by atoms with Crippen molar-refractivity contribution in [1.29, 1.82) is 0 Å². The number of benzene rings is 2. The van der Waals surface area contributed by atoms with Gasteiger partial charge in [0.15, 0.2) is 0 Å². The van der Waals surface area contributed by atoms with E-state index in [9.17, 15) is 18.0 Å². The van der Waals surface area contributed by atoms with Crippen LogP contribution in [0.5, 0.6) is 0 Å². The van der Waals surface area contributed by atoms with Crippen LogP contribution < -0.4 is 0 Å². The van der Waals surface area contributed by atoms with Crippen molar-refractivity contribution in [3.05, 3.63) is 57.2 Å². The van der Waals surface area contributed by atoms with Crippen LogP contribution in [0.25, 0.3) is 0 Å². The Labute approximate surface area is 143 Å². The SMILES string of the molecule is COC(=O)c1ccc(N=Nc2ccc(C(F)(F)F)cc2I)cc1. The van der Waals surface area contributed by atoms with Crippen molar-refractivity contribution in [3.8, 4) is 0 Å². The summed E-state index contributed by atoms with van der Waals surface area (Å²) in [5.41, 5.74) is 0.433. The van der Waals surface area contributed by atoms with E-state index in [1.54, 1.807) is 34.7 Å². The molecule has 0 N–H and O–H groups in total. The smallest absolute Gasteiger partial charge is 0.416 e. The Balaban J connectivity index is 2.18. The first-order valence-corrected chi connectivity index (χ1v) is 7.36. The molecule has 0 amide bonds. The molecule has 0 bridgehead atoms. The molecule has 0 atom stereocenters. The highest BCUT2D eigenvalue weighted by molar-refractivity contribution is 14.1. The maximum absolute atomic E-state index is 12.6. The molecular weight excluding hydrogens is 424 g/mol. The molecule has 0 saturated heterocycles. The lowest BCUT2D eigenvalue weighted by atomic mass is 10.2. The number of carbonyl (C=O) groups excluding carboxylic acids is 1. The fourth-order valence-electron chi connectivity index (χ4n) is 1.66. The van der Waals surface area contributed by atoms with Gasteiger partial charge in [-0.3, -0.25) is 0 Å². The Hall–Kier alpha value is -1.97. The summed E-state index contributed by atoms with van der Waals surface area (Å²) in [5.74, 6) is -0.467. The van der Waals surface area contributed by atoms with E-state index in [2.05, 4.69) is 15.0 Å². The molecule has 120 valence electrons. The summed E-state index contributed by atoms with van der Waals surface area (Å²) >= 11 is 1.77. The number of azo groups is 1. The summed E-state index contributed by atoms with van der Waals surface area (Å²) in [5, 5.41) is 7.87. The summed E-state index contributed by atoms with van der Waals surface area (Å²) in [6.45, 7) is 0. The van der Waals surface area contributed by atoms with Crippen molar-refractivity contribution in [2.45, 2.75) is 6.18 Å². The standard InChI is InChI=1S/C15H10F3IN2O2/c1-23-14(22)9-2-5-11(6-3-9)20-21-13-7-4-10(8-12(13)19)15(16,17)18/h2-8H,1H3. The molecule has 8 heteroatoms. The largest absolute Gasteiger partial charge is 0.465 e. The van der Waals surface area contributed by atoms with Gasteiger partial charge in [0.2, 0.25) is 0 Å². The highest BCUT2D eigenvalue weighted by Crippen LogP contribution is 2.33. The molecule has 2 rings (SSSR count). The first-order chi connectivity index (χ1) is 10.8. The second-order valence-corrected chi connectivity index (χ2v) is 5.56. The third-order valence-electron chi connectivity index (χ3n) is 2.84. The average Bonchev–Trinajstić information content (AvgIpc) is 2.52. The summed E-state index contributed by atoms with van der Waals surface area (Å²) in [6.07, 6.45) is -4.39. The van der Waals surface area contributed by atoms with E-state index in [-0.39, 0.29) is 0 Å². The van der Waals surface area contributed by atoms with Crippen LogP contribution in [0.4, 0.5) is 24.5 Å². The number of alkyl halides is 3. The zero-order valence-corrected chi connectivity index (χ0v) is 13.9. The van der Waals surface area contributed by atoms with Gasteiger partial charge in [-0.2, -0.15) is 18.3 Å². The fourth-order valence-corrected chi connectivity index (χ4v) is 2.28. The molecule has 0 saturated carbocycles. The van der Waals surface area contributed by atoms with Crippen LogP contribution in [0, 0.1) is 3.57 Å². The van der Waals surface area contributed by atoms with Gasteiger partial charge >= 0.3 is 12.1 Å². The van der Waals surface area contributed by atoms with Crippen LogP contribution in [-0.2, 0) is 10.9 Å². The summed E-state index contributed by atoms with van der Waals surface area (Å²) in [4.78, 5) is 11.3. The number of carbonyl (C=O) groups is 1. The highest BCUT2D eigenvalue weighted by atomic mass is 127. The Kier molecular flexibility index (Phi) is 5.34. The molecule has 2 aromatic carbocycles. The number of nitrogens with zero attached hydrogens (tertiary/aromatic N) is 2. The molecule has 0 aromatic heterocycles.